The third-order valence-corrected chi connectivity index (χ3v) is 5.40. The van der Waals surface area contributed by atoms with Crippen LogP contribution in [-0.4, -0.2) is 59.8 Å². The Hall–Kier alpha value is -2.38. The highest BCUT2D eigenvalue weighted by molar-refractivity contribution is 6.35. The molecule has 0 bridgehead atoms. The Morgan fingerprint density at radius 3 is 2.43 bits per heavy atom. The Balaban J connectivity index is 1.55. The largest absolute Gasteiger partial charge is 0.461 e. The fourth-order valence-electron chi connectivity index (χ4n) is 3.03. The van der Waals surface area contributed by atoms with Crippen LogP contribution < -0.4 is 4.90 Å². The first-order valence-electron chi connectivity index (χ1n) is 9.85. The van der Waals surface area contributed by atoms with Gasteiger partial charge >= 0.3 is 5.97 Å². The molecule has 0 aliphatic carbocycles. The summed E-state index contributed by atoms with van der Waals surface area (Å²) in [6.45, 7) is 6.73. The van der Waals surface area contributed by atoms with E-state index in [1.807, 2.05) is 4.90 Å². The number of aromatic nitrogens is 2. The molecule has 1 aromatic carbocycles. The van der Waals surface area contributed by atoms with Gasteiger partial charge in [0.25, 0.3) is 5.91 Å². The van der Waals surface area contributed by atoms with Gasteiger partial charge in [0.1, 0.15) is 0 Å². The number of esters is 1. The molecule has 1 amide bonds. The van der Waals surface area contributed by atoms with Crippen LogP contribution in [0.25, 0.3) is 0 Å². The SMILES string of the molecule is CC(C)CCOC(=O)c1ccc(N2CCN(C(=O)c3cc(Cl)ccc3Cl)CC2)nn1. The summed E-state index contributed by atoms with van der Waals surface area (Å²) in [6.07, 6.45) is 0.806. The second-order valence-corrected chi connectivity index (χ2v) is 8.34. The predicted molar refractivity (Wildman–Crippen MR) is 116 cm³/mol. The van der Waals surface area contributed by atoms with E-state index < -0.39 is 5.97 Å². The maximum atomic E-state index is 12.7. The van der Waals surface area contributed by atoms with E-state index in [9.17, 15) is 9.59 Å². The minimum absolute atomic E-state index is 0.146. The molecule has 0 saturated carbocycles. The number of nitrogens with zero attached hydrogens (tertiary/aromatic N) is 4. The van der Waals surface area contributed by atoms with Gasteiger partial charge in [-0.1, -0.05) is 37.0 Å². The maximum absolute atomic E-state index is 12.7. The molecule has 1 saturated heterocycles. The van der Waals surface area contributed by atoms with Gasteiger partial charge < -0.3 is 14.5 Å². The van der Waals surface area contributed by atoms with E-state index in [1.165, 1.54) is 0 Å². The Morgan fingerprint density at radius 2 is 1.80 bits per heavy atom. The number of hydrogen-bond acceptors (Lipinski definition) is 6. The number of piperazine rings is 1. The van der Waals surface area contributed by atoms with E-state index in [4.69, 9.17) is 27.9 Å². The average molecular weight is 451 g/mol. The second kappa shape index (κ2) is 10.1. The summed E-state index contributed by atoms with van der Waals surface area (Å²) in [5, 5.41) is 9.00. The Bertz CT molecular complexity index is 898. The van der Waals surface area contributed by atoms with Gasteiger partial charge in [0.2, 0.25) is 0 Å². The van der Waals surface area contributed by atoms with Crippen molar-refractivity contribution in [2.75, 3.05) is 37.7 Å². The van der Waals surface area contributed by atoms with Crippen LogP contribution in [-0.2, 0) is 4.74 Å². The third kappa shape index (κ3) is 5.61. The van der Waals surface area contributed by atoms with Gasteiger partial charge in [0.15, 0.2) is 11.5 Å². The summed E-state index contributed by atoms with van der Waals surface area (Å²) >= 11 is 12.1. The molecule has 1 aliphatic rings. The topological polar surface area (TPSA) is 75.6 Å². The van der Waals surface area contributed by atoms with E-state index in [1.54, 1.807) is 35.2 Å². The summed E-state index contributed by atoms with van der Waals surface area (Å²) in [5.74, 6) is 0.504. The number of rotatable bonds is 6. The van der Waals surface area contributed by atoms with Crippen LogP contribution in [0.4, 0.5) is 5.82 Å². The standard InChI is InChI=1S/C21H24Cl2N4O3/c1-14(2)7-12-30-21(29)18-5-6-19(25-24-18)26-8-10-27(11-9-26)20(28)16-13-15(22)3-4-17(16)23/h3-6,13-14H,7-12H2,1-2H3. The fraction of sp³-hybridized carbons (Fsp3) is 0.429. The lowest BCUT2D eigenvalue weighted by Gasteiger charge is -2.35. The van der Waals surface area contributed by atoms with Gasteiger partial charge in [0, 0.05) is 31.2 Å². The van der Waals surface area contributed by atoms with Crippen LogP contribution in [0.5, 0.6) is 0 Å². The molecule has 0 spiro atoms. The lowest BCUT2D eigenvalue weighted by molar-refractivity contribution is 0.0479. The molecule has 0 radical (unpaired) electrons. The molecule has 2 heterocycles. The number of benzene rings is 1. The van der Waals surface area contributed by atoms with Crippen molar-refractivity contribution in [1.29, 1.82) is 0 Å². The van der Waals surface area contributed by atoms with Crippen LogP contribution in [0.2, 0.25) is 10.0 Å². The molecule has 1 aromatic heterocycles. The van der Waals surface area contributed by atoms with E-state index in [2.05, 4.69) is 24.0 Å². The highest BCUT2D eigenvalue weighted by Gasteiger charge is 2.25. The molecular weight excluding hydrogens is 427 g/mol. The molecule has 0 N–H and O–H groups in total. The van der Waals surface area contributed by atoms with Crippen LogP contribution in [0.15, 0.2) is 30.3 Å². The van der Waals surface area contributed by atoms with Crippen molar-refractivity contribution >= 4 is 40.9 Å². The van der Waals surface area contributed by atoms with E-state index in [0.29, 0.717) is 60.1 Å². The monoisotopic (exact) mass is 450 g/mol. The molecule has 1 aliphatic heterocycles. The smallest absolute Gasteiger partial charge is 0.358 e. The van der Waals surface area contributed by atoms with Gasteiger partial charge in [-0.05, 0) is 42.7 Å². The number of halogens is 2. The molecule has 3 rings (SSSR count). The minimum Gasteiger partial charge on any atom is -0.461 e. The summed E-state index contributed by atoms with van der Waals surface area (Å²) in [4.78, 5) is 28.5. The lowest BCUT2D eigenvalue weighted by Crippen LogP contribution is -2.49. The zero-order valence-electron chi connectivity index (χ0n) is 17.0. The van der Waals surface area contributed by atoms with Crippen molar-refractivity contribution in [3.05, 3.63) is 51.6 Å². The van der Waals surface area contributed by atoms with Crippen LogP contribution in [0, 0.1) is 5.92 Å². The van der Waals surface area contributed by atoms with Crippen molar-refractivity contribution in [3.63, 3.8) is 0 Å². The molecular formula is C21H24Cl2N4O3. The zero-order chi connectivity index (χ0) is 21.7. The number of amides is 1. The highest BCUT2D eigenvalue weighted by Crippen LogP contribution is 2.23. The van der Waals surface area contributed by atoms with Crippen LogP contribution in [0.1, 0.15) is 41.1 Å². The summed E-state index contributed by atoms with van der Waals surface area (Å²) in [5.41, 5.74) is 0.588. The van der Waals surface area contributed by atoms with Gasteiger partial charge in [-0.15, -0.1) is 10.2 Å². The number of carbonyl (C=O) groups excluding carboxylic acids is 2. The first-order chi connectivity index (χ1) is 14.3. The van der Waals surface area contributed by atoms with Crippen LogP contribution >= 0.6 is 23.2 Å². The fourth-order valence-corrected chi connectivity index (χ4v) is 3.40. The molecule has 7 nitrogen and oxygen atoms in total. The Kier molecular flexibility index (Phi) is 7.50. The maximum Gasteiger partial charge on any atom is 0.358 e. The number of ether oxygens (including phenoxy) is 1. The molecule has 0 atom stereocenters. The molecule has 1 fully saturated rings. The number of carbonyl (C=O) groups is 2. The molecule has 0 unspecified atom stereocenters. The lowest BCUT2D eigenvalue weighted by atomic mass is 10.1. The van der Waals surface area contributed by atoms with E-state index in [-0.39, 0.29) is 11.6 Å². The van der Waals surface area contributed by atoms with Crippen molar-refractivity contribution in [2.45, 2.75) is 20.3 Å². The first-order valence-corrected chi connectivity index (χ1v) is 10.6. The Morgan fingerprint density at radius 1 is 1.07 bits per heavy atom. The molecule has 9 heteroatoms. The normalized spacial score (nSPS) is 14.2. The third-order valence-electron chi connectivity index (χ3n) is 4.84. The minimum atomic E-state index is -0.469. The molecule has 160 valence electrons. The summed E-state index contributed by atoms with van der Waals surface area (Å²) in [7, 11) is 0. The van der Waals surface area contributed by atoms with Crippen molar-refractivity contribution in [1.82, 2.24) is 15.1 Å². The van der Waals surface area contributed by atoms with Crippen LogP contribution in [0.3, 0.4) is 0 Å². The van der Waals surface area contributed by atoms with Crippen molar-refractivity contribution in [3.8, 4) is 0 Å². The van der Waals surface area contributed by atoms with Gasteiger partial charge in [-0.2, -0.15) is 0 Å². The quantitative estimate of drug-likeness (QED) is 0.620. The van der Waals surface area contributed by atoms with Crippen molar-refractivity contribution < 1.29 is 14.3 Å². The highest BCUT2D eigenvalue weighted by atomic mass is 35.5. The number of anilines is 1. The van der Waals surface area contributed by atoms with E-state index in [0.717, 1.165) is 6.42 Å². The Labute approximate surface area is 185 Å². The van der Waals surface area contributed by atoms with Gasteiger partial charge in [-0.25, -0.2) is 4.79 Å². The summed E-state index contributed by atoms with van der Waals surface area (Å²) in [6, 6.07) is 8.23. The van der Waals surface area contributed by atoms with Gasteiger partial charge in [-0.3, -0.25) is 4.79 Å². The second-order valence-electron chi connectivity index (χ2n) is 7.50. The molecule has 30 heavy (non-hydrogen) atoms. The zero-order valence-corrected chi connectivity index (χ0v) is 18.5. The van der Waals surface area contributed by atoms with Gasteiger partial charge in [0.05, 0.1) is 17.2 Å². The average Bonchev–Trinajstić information content (AvgIpc) is 2.75. The summed E-state index contributed by atoms with van der Waals surface area (Å²) < 4.78 is 5.21. The molecule has 2 aromatic rings. The predicted octanol–water partition coefficient (Wildman–Crippen LogP) is 3.95. The number of hydrogen-bond donors (Lipinski definition) is 0. The first kappa shape index (κ1) is 22.3. The van der Waals surface area contributed by atoms with Crippen molar-refractivity contribution in [2.24, 2.45) is 5.92 Å². The van der Waals surface area contributed by atoms with E-state index >= 15 is 0 Å².